The van der Waals surface area contributed by atoms with Crippen LogP contribution in [0.25, 0.3) is 10.8 Å². The molecule has 0 spiro atoms. The first-order valence-corrected chi connectivity index (χ1v) is 7.20. The second-order valence-electron chi connectivity index (χ2n) is 5.50. The molecule has 0 aliphatic carbocycles. The second kappa shape index (κ2) is 5.63. The summed E-state index contributed by atoms with van der Waals surface area (Å²) >= 11 is 0. The van der Waals surface area contributed by atoms with E-state index in [0.29, 0.717) is 0 Å². The molecule has 0 atom stereocenters. The highest BCUT2D eigenvalue weighted by Gasteiger charge is 2.12. The average molecular weight is 267 g/mol. The van der Waals surface area contributed by atoms with Crippen LogP contribution in [-0.4, -0.2) is 48.8 Å². The monoisotopic (exact) mass is 267 g/mol. The minimum atomic E-state index is 1.02. The van der Waals surface area contributed by atoms with E-state index in [0.717, 1.165) is 31.9 Å². The zero-order valence-electron chi connectivity index (χ0n) is 12.2. The first kappa shape index (κ1) is 13.1. The van der Waals surface area contributed by atoms with Crippen molar-refractivity contribution in [3.8, 4) is 0 Å². The molecule has 20 heavy (non-hydrogen) atoms. The minimum absolute atomic E-state index is 1.02. The van der Waals surface area contributed by atoms with Gasteiger partial charge in [-0.05, 0) is 36.4 Å². The van der Waals surface area contributed by atoms with Gasteiger partial charge in [0.25, 0.3) is 0 Å². The SMILES string of the molecule is C/C(=N\N1CCN(C)CC1)c1ccc2ccccc2c1. The summed E-state index contributed by atoms with van der Waals surface area (Å²) in [4.78, 5) is 2.34. The summed E-state index contributed by atoms with van der Waals surface area (Å²) in [7, 11) is 2.16. The lowest BCUT2D eigenvalue weighted by molar-refractivity contribution is 0.159. The van der Waals surface area contributed by atoms with Gasteiger partial charge in [-0.1, -0.05) is 36.4 Å². The Bertz CT molecular complexity index is 625. The smallest absolute Gasteiger partial charge is 0.0646 e. The molecule has 0 radical (unpaired) electrons. The van der Waals surface area contributed by atoms with Crippen LogP contribution in [0.15, 0.2) is 47.6 Å². The van der Waals surface area contributed by atoms with Crippen LogP contribution in [0.1, 0.15) is 12.5 Å². The zero-order chi connectivity index (χ0) is 13.9. The summed E-state index contributed by atoms with van der Waals surface area (Å²) in [6.45, 7) is 6.31. The lowest BCUT2D eigenvalue weighted by Gasteiger charge is -2.30. The maximum absolute atomic E-state index is 4.77. The van der Waals surface area contributed by atoms with Gasteiger partial charge >= 0.3 is 0 Å². The zero-order valence-corrected chi connectivity index (χ0v) is 12.2. The van der Waals surface area contributed by atoms with E-state index >= 15 is 0 Å². The Morgan fingerprint density at radius 2 is 1.65 bits per heavy atom. The van der Waals surface area contributed by atoms with Crippen LogP contribution in [-0.2, 0) is 0 Å². The normalized spacial score (nSPS) is 17.7. The van der Waals surface area contributed by atoms with E-state index in [1.165, 1.54) is 16.3 Å². The molecule has 1 saturated heterocycles. The largest absolute Gasteiger partial charge is 0.303 e. The molecule has 0 saturated carbocycles. The van der Waals surface area contributed by atoms with E-state index < -0.39 is 0 Å². The Labute approximate surface area is 120 Å². The van der Waals surface area contributed by atoms with Gasteiger partial charge in [-0.25, -0.2) is 0 Å². The summed E-state index contributed by atoms with van der Waals surface area (Å²) in [6, 6.07) is 15.0. The summed E-state index contributed by atoms with van der Waals surface area (Å²) in [6.07, 6.45) is 0. The Morgan fingerprint density at radius 1 is 0.950 bits per heavy atom. The Morgan fingerprint density at radius 3 is 2.40 bits per heavy atom. The minimum Gasteiger partial charge on any atom is -0.303 e. The van der Waals surface area contributed by atoms with Gasteiger partial charge < -0.3 is 4.90 Å². The van der Waals surface area contributed by atoms with E-state index in [9.17, 15) is 0 Å². The van der Waals surface area contributed by atoms with E-state index in [-0.39, 0.29) is 0 Å². The molecule has 0 N–H and O–H groups in total. The number of hydrazone groups is 1. The topological polar surface area (TPSA) is 18.8 Å². The number of nitrogens with zero attached hydrogens (tertiary/aromatic N) is 3. The van der Waals surface area contributed by atoms with Crippen molar-refractivity contribution >= 4 is 16.5 Å². The van der Waals surface area contributed by atoms with Gasteiger partial charge in [-0.2, -0.15) is 5.10 Å². The molecule has 0 bridgehead atoms. The van der Waals surface area contributed by atoms with Gasteiger partial charge in [0.2, 0.25) is 0 Å². The predicted octanol–water partition coefficient (Wildman–Crippen LogP) is 2.81. The maximum Gasteiger partial charge on any atom is 0.0646 e. The van der Waals surface area contributed by atoms with Crippen molar-refractivity contribution in [2.45, 2.75) is 6.92 Å². The standard InChI is InChI=1S/C17H21N3/c1-14(18-20-11-9-19(2)10-12-20)16-8-7-15-5-3-4-6-17(15)13-16/h3-8,13H,9-12H2,1-2H3/b18-14+. The molecule has 1 heterocycles. The van der Waals surface area contributed by atoms with E-state index in [1.54, 1.807) is 0 Å². The third-order valence-corrected chi connectivity index (χ3v) is 3.94. The van der Waals surface area contributed by atoms with Gasteiger partial charge in [-0.15, -0.1) is 0 Å². The summed E-state index contributed by atoms with van der Waals surface area (Å²) < 4.78 is 0. The molecule has 1 aliphatic rings. The van der Waals surface area contributed by atoms with E-state index in [1.807, 2.05) is 0 Å². The molecule has 3 heteroatoms. The lowest BCUT2D eigenvalue weighted by Crippen LogP contribution is -2.42. The van der Waals surface area contributed by atoms with E-state index in [2.05, 4.69) is 66.3 Å². The van der Waals surface area contributed by atoms with Crippen LogP contribution in [0.2, 0.25) is 0 Å². The van der Waals surface area contributed by atoms with Crippen LogP contribution >= 0.6 is 0 Å². The number of hydrogen-bond donors (Lipinski definition) is 0. The Hall–Kier alpha value is -1.87. The van der Waals surface area contributed by atoms with Gasteiger partial charge in [0.15, 0.2) is 0 Å². The quantitative estimate of drug-likeness (QED) is 0.779. The summed E-state index contributed by atoms with van der Waals surface area (Å²) in [5.41, 5.74) is 2.31. The molecule has 3 nitrogen and oxygen atoms in total. The highest BCUT2D eigenvalue weighted by Crippen LogP contribution is 2.16. The molecular formula is C17H21N3. The molecule has 2 aromatic rings. The molecule has 1 fully saturated rings. The van der Waals surface area contributed by atoms with Gasteiger partial charge in [-0.3, -0.25) is 5.01 Å². The molecule has 0 amide bonds. The summed E-state index contributed by atoms with van der Waals surface area (Å²) in [5.74, 6) is 0. The molecule has 3 rings (SSSR count). The van der Waals surface area contributed by atoms with Crippen LogP contribution < -0.4 is 0 Å². The van der Waals surface area contributed by atoms with Crippen molar-refractivity contribution in [2.75, 3.05) is 33.2 Å². The molecular weight excluding hydrogens is 246 g/mol. The maximum atomic E-state index is 4.77. The van der Waals surface area contributed by atoms with Crippen molar-refractivity contribution < 1.29 is 0 Å². The first-order chi connectivity index (χ1) is 9.72. The van der Waals surface area contributed by atoms with Gasteiger partial charge in [0.05, 0.1) is 5.71 Å². The molecule has 2 aromatic carbocycles. The van der Waals surface area contributed by atoms with Crippen LogP contribution in [0.5, 0.6) is 0 Å². The van der Waals surface area contributed by atoms with Crippen molar-refractivity contribution in [3.05, 3.63) is 48.0 Å². The Balaban J connectivity index is 1.82. The first-order valence-electron chi connectivity index (χ1n) is 7.20. The van der Waals surface area contributed by atoms with E-state index in [4.69, 9.17) is 5.10 Å². The number of fused-ring (bicyclic) bond motifs is 1. The fourth-order valence-electron chi connectivity index (χ4n) is 2.58. The molecule has 0 unspecified atom stereocenters. The van der Waals surface area contributed by atoms with Crippen LogP contribution in [0, 0.1) is 0 Å². The van der Waals surface area contributed by atoms with Crippen molar-refractivity contribution in [1.29, 1.82) is 0 Å². The fourth-order valence-corrected chi connectivity index (χ4v) is 2.58. The third-order valence-electron chi connectivity index (χ3n) is 3.94. The van der Waals surface area contributed by atoms with Crippen molar-refractivity contribution in [2.24, 2.45) is 5.10 Å². The second-order valence-corrected chi connectivity index (χ2v) is 5.50. The van der Waals surface area contributed by atoms with Crippen molar-refractivity contribution in [3.63, 3.8) is 0 Å². The van der Waals surface area contributed by atoms with Crippen molar-refractivity contribution in [1.82, 2.24) is 9.91 Å². The molecule has 0 aromatic heterocycles. The third kappa shape index (κ3) is 2.83. The van der Waals surface area contributed by atoms with Gasteiger partial charge in [0.1, 0.15) is 0 Å². The fraction of sp³-hybridized carbons (Fsp3) is 0.353. The van der Waals surface area contributed by atoms with Crippen LogP contribution in [0.3, 0.4) is 0 Å². The average Bonchev–Trinajstić information content (AvgIpc) is 2.49. The molecule has 104 valence electrons. The highest BCUT2D eigenvalue weighted by molar-refractivity contribution is 6.01. The van der Waals surface area contributed by atoms with Crippen LogP contribution in [0.4, 0.5) is 0 Å². The number of piperazine rings is 1. The Kier molecular flexibility index (Phi) is 3.70. The number of likely N-dealkylation sites (N-methyl/N-ethyl adjacent to an activating group) is 1. The predicted molar refractivity (Wildman–Crippen MR) is 85.2 cm³/mol. The molecule has 1 aliphatic heterocycles. The highest BCUT2D eigenvalue weighted by atomic mass is 15.5. The number of rotatable bonds is 2. The van der Waals surface area contributed by atoms with Gasteiger partial charge in [0, 0.05) is 26.2 Å². The number of benzene rings is 2. The lowest BCUT2D eigenvalue weighted by atomic mass is 10.0. The number of hydrogen-bond acceptors (Lipinski definition) is 3. The summed E-state index contributed by atoms with van der Waals surface area (Å²) in [5, 5.41) is 9.51.